The van der Waals surface area contributed by atoms with E-state index in [1.54, 1.807) is 13.0 Å². The Morgan fingerprint density at radius 3 is 2.48 bits per heavy atom. The van der Waals surface area contributed by atoms with Crippen molar-refractivity contribution >= 4 is 5.69 Å². The van der Waals surface area contributed by atoms with Crippen molar-refractivity contribution in [2.24, 2.45) is 0 Å². The molecule has 0 aliphatic rings. The Labute approximate surface area is 123 Å². The van der Waals surface area contributed by atoms with E-state index in [0.29, 0.717) is 11.3 Å². The van der Waals surface area contributed by atoms with Crippen molar-refractivity contribution in [2.75, 3.05) is 0 Å². The molecule has 0 unspecified atom stereocenters. The van der Waals surface area contributed by atoms with Crippen LogP contribution >= 0.6 is 0 Å². The van der Waals surface area contributed by atoms with Gasteiger partial charge in [0.05, 0.1) is 11.0 Å². The van der Waals surface area contributed by atoms with E-state index in [1.165, 1.54) is 12.1 Å². The first kappa shape index (κ1) is 15.0. The van der Waals surface area contributed by atoms with Crippen LogP contribution in [-0.4, -0.2) is 10.0 Å². The van der Waals surface area contributed by atoms with Crippen molar-refractivity contribution in [1.29, 1.82) is 0 Å². The van der Waals surface area contributed by atoms with E-state index in [4.69, 9.17) is 4.74 Å². The number of hydrogen-bond acceptors (Lipinski definition) is 4. The quantitative estimate of drug-likeness (QED) is 0.680. The van der Waals surface area contributed by atoms with Crippen LogP contribution in [0.3, 0.4) is 0 Å². The molecule has 0 fully saturated rings. The maximum Gasteiger partial charge on any atom is 0.311 e. The van der Waals surface area contributed by atoms with Gasteiger partial charge in [0, 0.05) is 6.07 Å². The summed E-state index contributed by atoms with van der Waals surface area (Å²) in [5.41, 5.74) is 2.23. The summed E-state index contributed by atoms with van der Waals surface area (Å²) in [5, 5.41) is 20.7. The van der Waals surface area contributed by atoms with Gasteiger partial charge in [0.2, 0.25) is 5.75 Å². The van der Waals surface area contributed by atoms with Crippen LogP contribution in [0.15, 0.2) is 36.4 Å². The third kappa shape index (κ3) is 3.38. The second-order valence-electron chi connectivity index (χ2n) is 5.03. The molecule has 0 aliphatic heterocycles. The van der Waals surface area contributed by atoms with E-state index in [2.05, 4.69) is 0 Å². The van der Waals surface area contributed by atoms with Gasteiger partial charge in [-0.3, -0.25) is 10.1 Å². The molecule has 0 spiro atoms. The van der Waals surface area contributed by atoms with Crippen LogP contribution in [0.1, 0.15) is 29.7 Å². The Bertz CT molecular complexity index is 680. The van der Waals surface area contributed by atoms with Crippen LogP contribution in [0.2, 0.25) is 0 Å². The molecule has 0 radical (unpaired) electrons. The average Bonchev–Trinajstić information content (AvgIpc) is 2.42. The van der Waals surface area contributed by atoms with Gasteiger partial charge < -0.3 is 9.84 Å². The van der Waals surface area contributed by atoms with E-state index < -0.39 is 11.0 Å². The summed E-state index contributed by atoms with van der Waals surface area (Å²) in [6.07, 6.45) is -0.765. The molecule has 5 nitrogen and oxygen atoms in total. The molecular weight excluding hydrogens is 270 g/mol. The summed E-state index contributed by atoms with van der Waals surface area (Å²) in [6, 6.07) is 10.2. The number of hydrogen-bond donors (Lipinski definition) is 1. The van der Waals surface area contributed by atoms with Gasteiger partial charge in [-0.25, -0.2) is 0 Å². The first-order valence-electron chi connectivity index (χ1n) is 6.60. The average molecular weight is 287 g/mol. The SMILES string of the molecule is Cc1ccc(C)c(Oc2ccc([C@H](C)O)cc2[N+](=O)[O-])c1. The molecule has 2 aromatic carbocycles. The minimum absolute atomic E-state index is 0.158. The highest BCUT2D eigenvalue weighted by atomic mass is 16.6. The van der Waals surface area contributed by atoms with E-state index >= 15 is 0 Å². The van der Waals surface area contributed by atoms with Gasteiger partial charge in [0.1, 0.15) is 5.75 Å². The van der Waals surface area contributed by atoms with Crippen molar-refractivity contribution < 1.29 is 14.8 Å². The molecule has 5 heteroatoms. The van der Waals surface area contributed by atoms with Gasteiger partial charge in [-0.2, -0.15) is 0 Å². The first-order chi connectivity index (χ1) is 9.88. The third-order valence-corrected chi connectivity index (χ3v) is 3.23. The van der Waals surface area contributed by atoms with Gasteiger partial charge in [-0.1, -0.05) is 18.2 Å². The Morgan fingerprint density at radius 1 is 1.14 bits per heavy atom. The molecule has 0 bridgehead atoms. The van der Waals surface area contributed by atoms with Gasteiger partial charge in [-0.15, -0.1) is 0 Å². The molecule has 0 aromatic heterocycles. The molecule has 2 aromatic rings. The second-order valence-corrected chi connectivity index (χ2v) is 5.03. The van der Waals surface area contributed by atoms with Gasteiger partial charge in [0.15, 0.2) is 0 Å². The number of aryl methyl sites for hydroxylation is 2. The molecule has 1 N–H and O–H groups in total. The normalized spacial score (nSPS) is 12.0. The lowest BCUT2D eigenvalue weighted by Gasteiger charge is -2.11. The number of nitro benzene ring substituents is 1. The predicted octanol–water partition coefficient (Wildman–Crippen LogP) is 4.06. The van der Waals surface area contributed by atoms with E-state index in [0.717, 1.165) is 11.1 Å². The summed E-state index contributed by atoms with van der Waals surface area (Å²) in [5.74, 6) is 0.751. The summed E-state index contributed by atoms with van der Waals surface area (Å²) in [7, 11) is 0. The van der Waals surface area contributed by atoms with Crippen molar-refractivity contribution in [3.05, 3.63) is 63.2 Å². The molecule has 0 saturated heterocycles. The van der Waals surface area contributed by atoms with Gasteiger partial charge in [-0.05, 0) is 49.6 Å². The van der Waals surface area contributed by atoms with Crippen molar-refractivity contribution in [3.8, 4) is 11.5 Å². The van der Waals surface area contributed by atoms with Crippen LogP contribution in [-0.2, 0) is 0 Å². The Balaban J connectivity index is 2.44. The lowest BCUT2D eigenvalue weighted by molar-refractivity contribution is -0.385. The van der Waals surface area contributed by atoms with Crippen LogP contribution in [0.5, 0.6) is 11.5 Å². The maximum absolute atomic E-state index is 11.2. The Kier molecular flexibility index (Phi) is 4.23. The van der Waals surface area contributed by atoms with E-state index in [9.17, 15) is 15.2 Å². The predicted molar refractivity (Wildman–Crippen MR) is 79.7 cm³/mol. The standard InChI is InChI=1S/C16H17NO4/c1-10-4-5-11(2)16(8-10)21-15-7-6-13(12(3)18)9-14(15)17(19)20/h4-9,12,18H,1-3H3/t12-/m0/s1. The first-order valence-corrected chi connectivity index (χ1v) is 6.60. The fourth-order valence-electron chi connectivity index (χ4n) is 1.96. The molecule has 0 heterocycles. The number of aliphatic hydroxyl groups is 1. The maximum atomic E-state index is 11.2. The lowest BCUT2D eigenvalue weighted by Crippen LogP contribution is -1.98. The van der Waals surface area contributed by atoms with Crippen LogP contribution < -0.4 is 4.74 Å². The third-order valence-electron chi connectivity index (χ3n) is 3.23. The zero-order valence-electron chi connectivity index (χ0n) is 12.2. The van der Waals surface area contributed by atoms with E-state index in [-0.39, 0.29) is 11.4 Å². The van der Waals surface area contributed by atoms with Gasteiger partial charge in [0.25, 0.3) is 0 Å². The largest absolute Gasteiger partial charge is 0.450 e. The minimum Gasteiger partial charge on any atom is -0.450 e. The number of ether oxygens (including phenoxy) is 1. The smallest absolute Gasteiger partial charge is 0.311 e. The zero-order valence-corrected chi connectivity index (χ0v) is 12.2. The summed E-state index contributed by atoms with van der Waals surface area (Å²) in [6.45, 7) is 5.37. The second kappa shape index (κ2) is 5.93. The van der Waals surface area contributed by atoms with Gasteiger partial charge >= 0.3 is 5.69 Å². The molecule has 1 atom stereocenters. The van der Waals surface area contributed by atoms with E-state index in [1.807, 2.05) is 32.0 Å². The fourth-order valence-corrected chi connectivity index (χ4v) is 1.96. The van der Waals surface area contributed by atoms with Crippen molar-refractivity contribution in [1.82, 2.24) is 0 Å². The van der Waals surface area contributed by atoms with Crippen LogP contribution in [0.4, 0.5) is 5.69 Å². The van der Waals surface area contributed by atoms with Crippen LogP contribution in [0, 0.1) is 24.0 Å². The minimum atomic E-state index is -0.765. The Morgan fingerprint density at radius 2 is 1.86 bits per heavy atom. The zero-order chi connectivity index (χ0) is 15.6. The Hall–Kier alpha value is -2.40. The highest BCUT2D eigenvalue weighted by Gasteiger charge is 2.18. The van der Waals surface area contributed by atoms with Crippen LogP contribution in [0.25, 0.3) is 0 Å². The number of benzene rings is 2. The highest BCUT2D eigenvalue weighted by molar-refractivity contribution is 5.52. The molecular formula is C16H17NO4. The molecule has 0 aliphatic carbocycles. The summed E-state index contributed by atoms with van der Waals surface area (Å²) in [4.78, 5) is 10.7. The molecule has 110 valence electrons. The molecule has 21 heavy (non-hydrogen) atoms. The van der Waals surface area contributed by atoms with Crippen molar-refractivity contribution in [3.63, 3.8) is 0 Å². The lowest BCUT2D eigenvalue weighted by atomic mass is 10.1. The summed E-state index contributed by atoms with van der Waals surface area (Å²) >= 11 is 0. The molecule has 2 rings (SSSR count). The fraction of sp³-hybridized carbons (Fsp3) is 0.250. The number of aliphatic hydroxyl groups excluding tert-OH is 1. The van der Waals surface area contributed by atoms with Crippen molar-refractivity contribution in [2.45, 2.75) is 26.9 Å². The number of nitrogens with zero attached hydrogens (tertiary/aromatic N) is 1. The number of rotatable bonds is 4. The summed E-state index contributed by atoms with van der Waals surface area (Å²) < 4.78 is 5.69. The molecule has 0 amide bonds. The monoisotopic (exact) mass is 287 g/mol. The molecule has 0 saturated carbocycles. The topological polar surface area (TPSA) is 72.6 Å². The number of nitro groups is 1. The highest BCUT2D eigenvalue weighted by Crippen LogP contribution is 2.35.